The topological polar surface area (TPSA) is 79.4 Å². The lowest BCUT2D eigenvalue weighted by molar-refractivity contribution is 0.102. The first-order chi connectivity index (χ1) is 14.3. The van der Waals surface area contributed by atoms with Gasteiger partial charge in [-0.1, -0.05) is 19.9 Å². The van der Waals surface area contributed by atoms with Crippen LogP contribution in [0.1, 0.15) is 30.6 Å². The summed E-state index contributed by atoms with van der Waals surface area (Å²) in [4.78, 5) is 18.3. The van der Waals surface area contributed by atoms with Crippen molar-refractivity contribution in [2.24, 2.45) is 11.8 Å². The van der Waals surface area contributed by atoms with Crippen molar-refractivity contribution in [2.45, 2.75) is 25.2 Å². The first kappa shape index (κ1) is 21.2. The maximum Gasteiger partial charge on any atom is 0.257 e. The van der Waals surface area contributed by atoms with E-state index < -0.39 is 10.0 Å². The fourth-order valence-corrected chi connectivity index (χ4v) is 6.91. The Kier molecular flexibility index (Phi) is 6.06. The predicted molar refractivity (Wildman–Crippen MR) is 122 cm³/mol. The van der Waals surface area contributed by atoms with Crippen molar-refractivity contribution >= 4 is 43.7 Å². The molecular formula is C21H23N3O3S3. The molecule has 2 atom stereocenters. The molecule has 30 heavy (non-hydrogen) atoms. The molecule has 0 radical (unpaired) electrons. The molecule has 3 aromatic rings. The molecule has 3 heterocycles. The first-order valence-corrected chi connectivity index (χ1v) is 12.9. The Hall–Kier alpha value is -2.07. The molecule has 1 aliphatic heterocycles. The zero-order valence-electron chi connectivity index (χ0n) is 16.7. The Labute approximate surface area is 184 Å². The van der Waals surface area contributed by atoms with Gasteiger partial charge in [0.05, 0.1) is 15.5 Å². The first-order valence-electron chi connectivity index (χ1n) is 9.74. The third-order valence-electron chi connectivity index (χ3n) is 5.09. The molecular weight excluding hydrogens is 438 g/mol. The molecule has 0 aliphatic carbocycles. The van der Waals surface area contributed by atoms with Crippen LogP contribution in [-0.4, -0.2) is 36.7 Å². The number of carbonyl (C=O) groups excluding carboxylic acids is 1. The monoisotopic (exact) mass is 461 g/mol. The number of hydrogen-bond donors (Lipinski definition) is 1. The number of carbonyl (C=O) groups is 1. The Morgan fingerprint density at radius 2 is 1.80 bits per heavy atom. The molecule has 1 aromatic carbocycles. The van der Waals surface area contributed by atoms with E-state index in [-0.39, 0.29) is 10.8 Å². The summed E-state index contributed by atoms with van der Waals surface area (Å²) in [6, 6.07) is 10.0. The lowest BCUT2D eigenvalue weighted by Crippen LogP contribution is -2.42. The van der Waals surface area contributed by atoms with Gasteiger partial charge in [0.25, 0.3) is 5.91 Å². The third kappa shape index (κ3) is 4.49. The molecule has 4 rings (SSSR count). The van der Waals surface area contributed by atoms with Crippen LogP contribution < -0.4 is 5.32 Å². The highest BCUT2D eigenvalue weighted by Crippen LogP contribution is 2.29. The van der Waals surface area contributed by atoms with Crippen molar-refractivity contribution in [3.05, 3.63) is 52.7 Å². The summed E-state index contributed by atoms with van der Waals surface area (Å²) in [6.45, 7) is 5.22. The molecule has 9 heteroatoms. The summed E-state index contributed by atoms with van der Waals surface area (Å²) < 4.78 is 27.5. The van der Waals surface area contributed by atoms with E-state index in [0.29, 0.717) is 35.6 Å². The summed E-state index contributed by atoms with van der Waals surface area (Å²) >= 11 is 2.95. The minimum Gasteiger partial charge on any atom is -0.298 e. The molecule has 0 saturated carbocycles. The van der Waals surface area contributed by atoms with Gasteiger partial charge in [-0.25, -0.2) is 13.4 Å². The lowest BCUT2D eigenvalue weighted by Gasteiger charge is -2.34. The van der Waals surface area contributed by atoms with E-state index >= 15 is 0 Å². The molecule has 1 saturated heterocycles. The fourth-order valence-electron chi connectivity index (χ4n) is 3.77. The number of piperidine rings is 1. The van der Waals surface area contributed by atoms with E-state index in [2.05, 4.69) is 24.1 Å². The number of thiophene rings is 1. The lowest BCUT2D eigenvalue weighted by atomic mass is 9.94. The fraction of sp³-hybridized carbons (Fsp3) is 0.333. The van der Waals surface area contributed by atoms with Gasteiger partial charge in [0.2, 0.25) is 10.0 Å². The van der Waals surface area contributed by atoms with Crippen LogP contribution in [0.5, 0.6) is 0 Å². The summed E-state index contributed by atoms with van der Waals surface area (Å²) in [5.41, 5.74) is 1.22. The molecule has 0 spiro atoms. The standard InChI is InChI=1S/C21H23N3O3S3/c1-14-10-15(2)12-24(11-14)30(26,27)17-7-5-16(6-8-17)20(25)23-21-22-18(13-29-21)19-4-3-9-28-19/h3-9,13-15H,10-12H2,1-2H3,(H,22,23,25)/t14-,15-/m1/s1. The second-order valence-electron chi connectivity index (χ2n) is 7.76. The highest BCUT2D eigenvalue weighted by Gasteiger charge is 2.31. The van der Waals surface area contributed by atoms with Gasteiger partial charge in [0.15, 0.2) is 5.13 Å². The van der Waals surface area contributed by atoms with Crippen LogP contribution in [0.2, 0.25) is 0 Å². The van der Waals surface area contributed by atoms with E-state index in [1.807, 2.05) is 22.9 Å². The number of thiazole rings is 1. The average Bonchev–Trinajstić information content (AvgIpc) is 3.39. The Balaban J connectivity index is 1.46. The predicted octanol–water partition coefficient (Wildman–Crippen LogP) is 4.79. The Bertz CT molecular complexity index is 1110. The number of amides is 1. The average molecular weight is 462 g/mol. The third-order valence-corrected chi connectivity index (χ3v) is 8.58. The molecule has 1 N–H and O–H groups in total. The van der Waals surface area contributed by atoms with Crippen molar-refractivity contribution in [2.75, 3.05) is 18.4 Å². The van der Waals surface area contributed by atoms with Gasteiger partial charge in [-0.3, -0.25) is 10.1 Å². The van der Waals surface area contributed by atoms with Crippen molar-refractivity contribution in [3.8, 4) is 10.6 Å². The van der Waals surface area contributed by atoms with Gasteiger partial charge in [-0.05, 0) is 54.0 Å². The molecule has 1 fully saturated rings. The molecule has 6 nitrogen and oxygen atoms in total. The number of benzene rings is 1. The SMILES string of the molecule is C[C@@H]1C[C@@H](C)CN(S(=O)(=O)c2ccc(C(=O)Nc3nc(-c4cccs4)cs3)cc2)C1. The van der Waals surface area contributed by atoms with Crippen molar-refractivity contribution in [1.29, 1.82) is 0 Å². The van der Waals surface area contributed by atoms with E-state index in [4.69, 9.17) is 0 Å². The zero-order valence-corrected chi connectivity index (χ0v) is 19.2. The summed E-state index contributed by atoms with van der Waals surface area (Å²) in [5, 5.41) is 7.18. The molecule has 158 valence electrons. The van der Waals surface area contributed by atoms with Crippen molar-refractivity contribution in [1.82, 2.24) is 9.29 Å². The van der Waals surface area contributed by atoms with E-state index in [9.17, 15) is 13.2 Å². The van der Waals surface area contributed by atoms with E-state index in [1.165, 1.54) is 23.5 Å². The number of rotatable bonds is 5. The highest BCUT2D eigenvalue weighted by molar-refractivity contribution is 7.89. The maximum atomic E-state index is 13.0. The summed E-state index contributed by atoms with van der Waals surface area (Å²) in [5.74, 6) is 0.364. The number of nitrogens with zero attached hydrogens (tertiary/aromatic N) is 2. The minimum absolute atomic E-state index is 0.217. The van der Waals surface area contributed by atoms with Gasteiger partial charge in [0.1, 0.15) is 0 Å². The normalized spacial score (nSPS) is 20.2. The molecule has 0 bridgehead atoms. The summed E-state index contributed by atoms with van der Waals surface area (Å²) in [6.07, 6.45) is 1.04. The second kappa shape index (κ2) is 8.58. The summed E-state index contributed by atoms with van der Waals surface area (Å²) in [7, 11) is -3.56. The zero-order chi connectivity index (χ0) is 21.3. The minimum atomic E-state index is -3.56. The van der Waals surface area contributed by atoms with Gasteiger partial charge in [-0.15, -0.1) is 22.7 Å². The van der Waals surface area contributed by atoms with Crippen LogP contribution >= 0.6 is 22.7 Å². The number of nitrogens with one attached hydrogen (secondary N) is 1. The van der Waals surface area contributed by atoms with E-state index in [1.54, 1.807) is 27.8 Å². The van der Waals surface area contributed by atoms with Gasteiger partial charge in [-0.2, -0.15) is 4.31 Å². The van der Waals surface area contributed by atoms with Crippen LogP contribution in [0.15, 0.2) is 52.1 Å². The number of anilines is 1. The number of aromatic nitrogens is 1. The maximum absolute atomic E-state index is 13.0. The largest absolute Gasteiger partial charge is 0.298 e. The van der Waals surface area contributed by atoms with E-state index in [0.717, 1.165) is 17.0 Å². The van der Waals surface area contributed by atoms with Crippen molar-refractivity contribution < 1.29 is 13.2 Å². The van der Waals surface area contributed by atoms with Crippen LogP contribution in [-0.2, 0) is 10.0 Å². The quantitative estimate of drug-likeness (QED) is 0.592. The van der Waals surface area contributed by atoms with Crippen LogP contribution in [0.25, 0.3) is 10.6 Å². The second-order valence-corrected chi connectivity index (χ2v) is 11.5. The Morgan fingerprint density at radius 3 is 2.43 bits per heavy atom. The van der Waals surface area contributed by atoms with Crippen molar-refractivity contribution in [3.63, 3.8) is 0 Å². The van der Waals surface area contributed by atoms with Gasteiger partial charge in [0, 0.05) is 24.0 Å². The number of sulfonamides is 1. The van der Waals surface area contributed by atoms with Gasteiger partial charge >= 0.3 is 0 Å². The Morgan fingerprint density at radius 1 is 1.10 bits per heavy atom. The van der Waals surface area contributed by atoms with Crippen LogP contribution in [0, 0.1) is 11.8 Å². The van der Waals surface area contributed by atoms with Crippen LogP contribution in [0.3, 0.4) is 0 Å². The molecule has 1 aliphatic rings. The highest BCUT2D eigenvalue weighted by atomic mass is 32.2. The number of hydrogen-bond acceptors (Lipinski definition) is 6. The smallest absolute Gasteiger partial charge is 0.257 e. The molecule has 1 amide bonds. The molecule has 2 aromatic heterocycles. The molecule has 0 unspecified atom stereocenters. The van der Waals surface area contributed by atoms with Gasteiger partial charge < -0.3 is 0 Å². The van der Waals surface area contributed by atoms with Crippen LogP contribution in [0.4, 0.5) is 5.13 Å².